The van der Waals surface area contributed by atoms with Crippen molar-refractivity contribution >= 4 is 11.8 Å². The van der Waals surface area contributed by atoms with Gasteiger partial charge in [0.05, 0.1) is 0 Å². The van der Waals surface area contributed by atoms with Crippen LogP contribution in [0.5, 0.6) is 0 Å². The smallest absolute Gasteiger partial charge is 0.0308 e. The zero-order valence-corrected chi connectivity index (χ0v) is 6.60. The van der Waals surface area contributed by atoms with Gasteiger partial charge in [0, 0.05) is 18.1 Å². The largest absolute Gasteiger partial charge is 0.264 e. The van der Waals surface area contributed by atoms with Crippen LogP contribution in [0.1, 0.15) is 5.56 Å². The summed E-state index contributed by atoms with van der Waals surface area (Å²) < 4.78 is 0. The van der Waals surface area contributed by atoms with Crippen LogP contribution in [0.3, 0.4) is 0 Å². The number of nitrogens with zero attached hydrogens (tertiary/aromatic N) is 1. The normalized spacial score (nSPS) is 9.70. The van der Waals surface area contributed by atoms with Crippen molar-refractivity contribution in [3.8, 4) is 0 Å². The van der Waals surface area contributed by atoms with E-state index in [1.807, 2.05) is 24.0 Å². The second kappa shape index (κ2) is 4.34. The molecule has 2 heteroatoms. The lowest BCUT2D eigenvalue weighted by Crippen LogP contribution is -1.80. The second-order valence-electron chi connectivity index (χ2n) is 1.91. The first-order valence-corrected chi connectivity index (χ1v) is 4.35. The fraction of sp³-hybridized carbons (Fsp3) is 0.250. The van der Waals surface area contributed by atoms with Gasteiger partial charge in [0.15, 0.2) is 0 Å². The van der Waals surface area contributed by atoms with Gasteiger partial charge in [0.2, 0.25) is 0 Å². The van der Waals surface area contributed by atoms with Gasteiger partial charge in [-0.3, -0.25) is 4.98 Å². The minimum atomic E-state index is 0.925. The van der Waals surface area contributed by atoms with Gasteiger partial charge in [-0.25, -0.2) is 0 Å². The summed E-state index contributed by atoms with van der Waals surface area (Å²) >= 11 is 1.81. The highest BCUT2D eigenvalue weighted by Gasteiger charge is 1.88. The van der Waals surface area contributed by atoms with Crippen LogP contribution in [0.2, 0.25) is 0 Å². The van der Waals surface area contributed by atoms with Crippen LogP contribution in [-0.4, -0.2) is 10.7 Å². The van der Waals surface area contributed by atoms with Gasteiger partial charge in [-0.15, -0.1) is 0 Å². The molecule has 1 aromatic heterocycles. The predicted molar refractivity (Wildman–Crippen MR) is 45.8 cm³/mol. The molecule has 1 heterocycles. The fourth-order valence-electron chi connectivity index (χ4n) is 0.674. The summed E-state index contributed by atoms with van der Waals surface area (Å²) in [5.74, 6) is 1.95. The molecule has 1 aromatic rings. The number of aromatic nitrogens is 1. The summed E-state index contributed by atoms with van der Waals surface area (Å²) in [7, 11) is 0. The van der Waals surface area contributed by atoms with E-state index in [-0.39, 0.29) is 0 Å². The van der Waals surface area contributed by atoms with E-state index in [1.165, 1.54) is 5.56 Å². The number of thioether (sulfide) groups is 1. The van der Waals surface area contributed by atoms with Crippen molar-refractivity contribution < 1.29 is 0 Å². The van der Waals surface area contributed by atoms with Gasteiger partial charge in [0.1, 0.15) is 0 Å². The summed E-state index contributed by atoms with van der Waals surface area (Å²) in [5, 5.41) is 0. The molecule has 0 aliphatic heterocycles. The molecule has 0 aromatic carbocycles. The van der Waals surface area contributed by atoms with E-state index in [4.69, 9.17) is 0 Å². The average Bonchev–Trinajstić information content (AvgIpc) is 2.03. The first-order chi connectivity index (χ1) is 4.93. The molecule has 0 saturated carbocycles. The predicted octanol–water partition coefficient (Wildman–Crippen LogP) is 2.15. The van der Waals surface area contributed by atoms with Gasteiger partial charge in [-0.2, -0.15) is 11.8 Å². The molecule has 53 valence electrons. The molecule has 0 N–H and O–H groups in total. The molecule has 0 fully saturated rings. The van der Waals surface area contributed by atoms with Gasteiger partial charge >= 0.3 is 0 Å². The van der Waals surface area contributed by atoms with Gasteiger partial charge in [-0.05, 0) is 24.3 Å². The van der Waals surface area contributed by atoms with Gasteiger partial charge < -0.3 is 0 Å². The van der Waals surface area contributed by atoms with E-state index in [0.717, 1.165) is 11.5 Å². The molecule has 1 radical (unpaired) electrons. The lowest BCUT2D eigenvalue weighted by Gasteiger charge is -1.95. The Kier molecular flexibility index (Phi) is 3.30. The third-order valence-corrected chi connectivity index (χ3v) is 1.96. The van der Waals surface area contributed by atoms with Crippen LogP contribution in [0.25, 0.3) is 0 Å². The van der Waals surface area contributed by atoms with E-state index in [1.54, 1.807) is 6.20 Å². The maximum atomic E-state index is 4.00. The highest BCUT2D eigenvalue weighted by molar-refractivity contribution is 7.98. The number of pyridine rings is 1. The Balaban J connectivity index is 2.43. The molecular weight excluding hydrogens is 142 g/mol. The van der Waals surface area contributed by atoms with Crippen molar-refractivity contribution in [2.24, 2.45) is 0 Å². The summed E-state index contributed by atoms with van der Waals surface area (Å²) in [4.78, 5) is 4.00. The first kappa shape index (κ1) is 7.61. The zero-order valence-electron chi connectivity index (χ0n) is 5.79. The summed E-state index contributed by atoms with van der Waals surface area (Å²) in [5.41, 5.74) is 1.27. The van der Waals surface area contributed by atoms with E-state index in [2.05, 4.69) is 18.0 Å². The summed E-state index contributed by atoms with van der Waals surface area (Å²) in [6.07, 6.45) is 3.68. The summed E-state index contributed by atoms with van der Waals surface area (Å²) in [6.45, 7) is 3.74. The Labute approximate surface area is 65.9 Å². The molecule has 0 aliphatic carbocycles. The highest BCUT2D eigenvalue weighted by atomic mass is 32.2. The maximum Gasteiger partial charge on any atom is 0.0308 e. The Bertz CT molecular complexity index is 174. The molecule has 0 aliphatic rings. The van der Waals surface area contributed by atoms with Crippen molar-refractivity contribution in [2.45, 2.75) is 5.75 Å². The zero-order chi connectivity index (χ0) is 7.23. The van der Waals surface area contributed by atoms with Crippen LogP contribution >= 0.6 is 11.8 Å². The van der Waals surface area contributed by atoms with Crippen molar-refractivity contribution in [3.63, 3.8) is 0 Å². The van der Waals surface area contributed by atoms with Crippen LogP contribution in [0, 0.1) is 6.92 Å². The Morgan fingerprint density at radius 2 is 2.50 bits per heavy atom. The van der Waals surface area contributed by atoms with Crippen LogP contribution < -0.4 is 0 Å². The monoisotopic (exact) mass is 152 g/mol. The number of hydrogen-bond acceptors (Lipinski definition) is 2. The molecule has 0 unspecified atom stereocenters. The van der Waals surface area contributed by atoms with Crippen LogP contribution in [0.4, 0.5) is 0 Å². The van der Waals surface area contributed by atoms with Crippen molar-refractivity contribution in [3.05, 3.63) is 37.0 Å². The Morgan fingerprint density at radius 1 is 1.60 bits per heavy atom. The number of hydrogen-bond donors (Lipinski definition) is 0. The molecular formula is C8H10NS. The minimum Gasteiger partial charge on any atom is -0.264 e. The van der Waals surface area contributed by atoms with E-state index in [0.29, 0.717) is 0 Å². The van der Waals surface area contributed by atoms with Crippen LogP contribution in [-0.2, 0) is 5.75 Å². The Morgan fingerprint density at radius 3 is 3.10 bits per heavy atom. The molecule has 1 rings (SSSR count). The average molecular weight is 152 g/mol. The fourth-order valence-corrected chi connectivity index (χ4v) is 1.22. The van der Waals surface area contributed by atoms with Crippen molar-refractivity contribution in [1.82, 2.24) is 4.98 Å². The van der Waals surface area contributed by atoms with E-state index >= 15 is 0 Å². The molecule has 0 atom stereocenters. The molecule has 10 heavy (non-hydrogen) atoms. The highest BCUT2D eigenvalue weighted by Crippen LogP contribution is 2.08. The summed E-state index contributed by atoms with van der Waals surface area (Å²) in [6, 6.07) is 4.04. The lowest BCUT2D eigenvalue weighted by atomic mass is 10.3. The minimum absolute atomic E-state index is 0.925. The lowest BCUT2D eigenvalue weighted by molar-refractivity contribution is 1.25. The molecule has 0 saturated heterocycles. The SMILES string of the molecule is [CH2]CSCc1cccnc1. The van der Waals surface area contributed by atoms with E-state index < -0.39 is 0 Å². The maximum absolute atomic E-state index is 4.00. The number of rotatable bonds is 3. The topological polar surface area (TPSA) is 12.9 Å². The molecule has 0 spiro atoms. The third kappa shape index (κ3) is 2.40. The molecule has 1 nitrogen and oxygen atoms in total. The van der Waals surface area contributed by atoms with Crippen molar-refractivity contribution in [1.29, 1.82) is 0 Å². The molecule has 0 bridgehead atoms. The van der Waals surface area contributed by atoms with Gasteiger partial charge in [-0.1, -0.05) is 6.07 Å². The Hall–Kier alpha value is -0.500. The van der Waals surface area contributed by atoms with Crippen molar-refractivity contribution in [2.75, 3.05) is 5.75 Å². The molecule has 0 amide bonds. The first-order valence-electron chi connectivity index (χ1n) is 3.19. The third-order valence-electron chi connectivity index (χ3n) is 1.14. The van der Waals surface area contributed by atoms with Gasteiger partial charge in [0.25, 0.3) is 0 Å². The second-order valence-corrected chi connectivity index (χ2v) is 3.02. The quantitative estimate of drug-likeness (QED) is 0.658. The van der Waals surface area contributed by atoms with Crippen LogP contribution in [0.15, 0.2) is 24.5 Å². The standard InChI is InChI=1S/C8H10NS/c1-2-10-7-8-4-3-5-9-6-8/h3-6H,1-2,7H2. The van der Waals surface area contributed by atoms with E-state index in [9.17, 15) is 0 Å².